The monoisotopic (exact) mass is 238 g/mol. The molecule has 92 valence electrons. The Morgan fingerprint density at radius 1 is 1.59 bits per heavy atom. The van der Waals surface area contributed by atoms with Crippen molar-refractivity contribution in [3.05, 3.63) is 17.8 Å². The molecule has 1 atom stereocenters. The van der Waals surface area contributed by atoms with Gasteiger partial charge >= 0.3 is 6.09 Å². The van der Waals surface area contributed by atoms with Gasteiger partial charge in [-0.05, 0) is 6.07 Å². The Balaban J connectivity index is 1.98. The fraction of sp³-hybridized carbons (Fsp3) is 0.500. The van der Waals surface area contributed by atoms with Gasteiger partial charge in [0.15, 0.2) is 0 Å². The van der Waals surface area contributed by atoms with Crippen molar-refractivity contribution in [3.8, 4) is 5.88 Å². The summed E-state index contributed by atoms with van der Waals surface area (Å²) in [5, 5.41) is 7.77. The number of nitrogens with two attached hydrogens (primary N) is 1. The van der Waals surface area contributed by atoms with E-state index >= 15 is 0 Å². The molecule has 1 fully saturated rings. The average Bonchev–Trinajstić information content (AvgIpc) is 2.71. The van der Waals surface area contributed by atoms with E-state index in [9.17, 15) is 4.79 Å². The SMILES string of the molecule is COc1ccc(CN2CC(CN)OC2=O)nn1. The van der Waals surface area contributed by atoms with Gasteiger partial charge < -0.3 is 15.2 Å². The average molecular weight is 238 g/mol. The summed E-state index contributed by atoms with van der Waals surface area (Å²) in [6, 6.07) is 3.46. The van der Waals surface area contributed by atoms with Crippen LogP contribution in [0.25, 0.3) is 0 Å². The molecule has 1 aliphatic heterocycles. The summed E-state index contributed by atoms with van der Waals surface area (Å²) in [6.07, 6.45) is -0.591. The van der Waals surface area contributed by atoms with Crippen LogP contribution < -0.4 is 10.5 Å². The van der Waals surface area contributed by atoms with Crippen LogP contribution in [0.1, 0.15) is 5.69 Å². The van der Waals surface area contributed by atoms with Gasteiger partial charge in [-0.2, -0.15) is 5.10 Å². The molecule has 1 aliphatic rings. The molecule has 0 radical (unpaired) electrons. The van der Waals surface area contributed by atoms with E-state index < -0.39 is 0 Å². The van der Waals surface area contributed by atoms with Gasteiger partial charge in [-0.25, -0.2) is 4.79 Å². The van der Waals surface area contributed by atoms with E-state index in [2.05, 4.69) is 10.2 Å². The second kappa shape index (κ2) is 4.96. The summed E-state index contributed by atoms with van der Waals surface area (Å²) in [5.41, 5.74) is 6.12. The van der Waals surface area contributed by atoms with Gasteiger partial charge in [0.2, 0.25) is 5.88 Å². The topological polar surface area (TPSA) is 90.6 Å². The van der Waals surface area contributed by atoms with Crippen molar-refractivity contribution in [1.82, 2.24) is 15.1 Å². The summed E-state index contributed by atoms with van der Waals surface area (Å²) in [6.45, 7) is 1.19. The first-order valence-corrected chi connectivity index (χ1v) is 5.25. The van der Waals surface area contributed by atoms with Gasteiger partial charge in [0, 0.05) is 12.6 Å². The third-order valence-electron chi connectivity index (χ3n) is 2.47. The van der Waals surface area contributed by atoms with Gasteiger partial charge in [0.05, 0.1) is 25.9 Å². The molecule has 2 N–H and O–H groups in total. The zero-order chi connectivity index (χ0) is 12.3. The number of rotatable bonds is 4. The van der Waals surface area contributed by atoms with Crippen LogP contribution in [0.15, 0.2) is 12.1 Å². The largest absolute Gasteiger partial charge is 0.480 e. The predicted octanol–water partition coefficient (Wildman–Crippen LogP) is -0.235. The number of hydrogen-bond acceptors (Lipinski definition) is 6. The van der Waals surface area contributed by atoms with Crippen LogP contribution in [0.4, 0.5) is 4.79 Å². The highest BCUT2D eigenvalue weighted by molar-refractivity contribution is 5.69. The summed E-state index contributed by atoms with van der Waals surface area (Å²) in [7, 11) is 1.52. The molecule has 1 aromatic rings. The van der Waals surface area contributed by atoms with E-state index in [0.29, 0.717) is 31.2 Å². The van der Waals surface area contributed by atoms with Crippen LogP contribution in [-0.4, -0.2) is 47.5 Å². The van der Waals surface area contributed by atoms with Crippen LogP contribution in [0, 0.1) is 0 Å². The van der Waals surface area contributed by atoms with Crippen LogP contribution in [0.3, 0.4) is 0 Å². The fourth-order valence-corrected chi connectivity index (χ4v) is 1.56. The highest BCUT2D eigenvalue weighted by Gasteiger charge is 2.30. The van der Waals surface area contributed by atoms with Crippen molar-refractivity contribution in [2.45, 2.75) is 12.6 Å². The molecular formula is C10H14N4O3. The molecule has 0 bridgehead atoms. The van der Waals surface area contributed by atoms with Gasteiger partial charge in [0.1, 0.15) is 6.10 Å². The second-order valence-corrected chi connectivity index (χ2v) is 3.69. The third-order valence-corrected chi connectivity index (χ3v) is 2.47. The minimum absolute atomic E-state index is 0.228. The van der Waals surface area contributed by atoms with Crippen LogP contribution in [0.5, 0.6) is 5.88 Å². The smallest absolute Gasteiger partial charge is 0.410 e. The Bertz CT molecular complexity index is 395. The number of aromatic nitrogens is 2. The molecule has 0 aliphatic carbocycles. The quantitative estimate of drug-likeness (QED) is 0.778. The maximum absolute atomic E-state index is 11.4. The minimum Gasteiger partial charge on any atom is -0.480 e. The normalized spacial score (nSPS) is 19.3. The Labute approximate surface area is 98.5 Å². The first-order valence-electron chi connectivity index (χ1n) is 5.25. The number of ether oxygens (including phenoxy) is 2. The summed E-state index contributed by atoms with van der Waals surface area (Å²) < 4.78 is 9.93. The standard InChI is InChI=1S/C10H14N4O3/c1-16-9-3-2-7(12-13-9)5-14-6-8(4-11)17-10(14)15/h2-3,8H,4-6,11H2,1H3. The summed E-state index contributed by atoms with van der Waals surface area (Å²) >= 11 is 0. The molecule has 17 heavy (non-hydrogen) atoms. The van der Waals surface area contributed by atoms with E-state index in [1.54, 1.807) is 17.0 Å². The molecule has 1 saturated heterocycles. The van der Waals surface area contributed by atoms with Crippen LogP contribution >= 0.6 is 0 Å². The van der Waals surface area contributed by atoms with Gasteiger partial charge in [-0.3, -0.25) is 4.90 Å². The highest BCUT2D eigenvalue weighted by Crippen LogP contribution is 2.14. The van der Waals surface area contributed by atoms with Crippen LogP contribution in [-0.2, 0) is 11.3 Å². The molecule has 1 amide bonds. The predicted molar refractivity (Wildman–Crippen MR) is 58.3 cm³/mol. The van der Waals surface area contributed by atoms with Gasteiger partial charge in [0.25, 0.3) is 0 Å². The Hall–Kier alpha value is -1.89. The van der Waals surface area contributed by atoms with Crippen LogP contribution in [0.2, 0.25) is 0 Å². The van der Waals surface area contributed by atoms with E-state index in [1.807, 2.05) is 0 Å². The van der Waals surface area contributed by atoms with Crippen molar-refractivity contribution >= 4 is 6.09 Å². The number of carbonyl (C=O) groups excluding carboxylic acids is 1. The molecule has 1 aromatic heterocycles. The van der Waals surface area contributed by atoms with Gasteiger partial charge in [-0.1, -0.05) is 0 Å². The number of methoxy groups -OCH3 is 1. The number of carbonyl (C=O) groups is 1. The first kappa shape index (κ1) is 11.6. The van der Waals surface area contributed by atoms with Crippen molar-refractivity contribution in [3.63, 3.8) is 0 Å². The van der Waals surface area contributed by atoms with E-state index in [1.165, 1.54) is 7.11 Å². The summed E-state index contributed by atoms with van der Waals surface area (Å²) in [4.78, 5) is 13.0. The molecule has 0 spiro atoms. The van der Waals surface area contributed by atoms with E-state index in [-0.39, 0.29) is 12.2 Å². The Kier molecular flexibility index (Phi) is 3.38. The molecule has 1 unspecified atom stereocenters. The van der Waals surface area contributed by atoms with Crippen molar-refractivity contribution in [1.29, 1.82) is 0 Å². The Morgan fingerprint density at radius 2 is 2.41 bits per heavy atom. The molecule has 7 heteroatoms. The molecule has 2 heterocycles. The molecule has 2 rings (SSSR count). The zero-order valence-corrected chi connectivity index (χ0v) is 9.50. The molecule has 7 nitrogen and oxygen atoms in total. The molecular weight excluding hydrogens is 224 g/mol. The Morgan fingerprint density at radius 3 is 2.94 bits per heavy atom. The van der Waals surface area contributed by atoms with E-state index in [0.717, 1.165) is 0 Å². The second-order valence-electron chi connectivity index (χ2n) is 3.69. The van der Waals surface area contributed by atoms with Crippen molar-refractivity contribution in [2.24, 2.45) is 5.73 Å². The van der Waals surface area contributed by atoms with Gasteiger partial charge in [-0.15, -0.1) is 5.10 Å². The number of hydrogen-bond donors (Lipinski definition) is 1. The number of amides is 1. The number of nitrogens with zero attached hydrogens (tertiary/aromatic N) is 3. The van der Waals surface area contributed by atoms with E-state index in [4.69, 9.17) is 15.2 Å². The van der Waals surface area contributed by atoms with Crippen molar-refractivity contribution < 1.29 is 14.3 Å². The molecule has 0 aromatic carbocycles. The summed E-state index contributed by atoms with van der Waals surface area (Å²) in [5.74, 6) is 0.442. The highest BCUT2D eigenvalue weighted by atomic mass is 16.6. The molecule has 0 saturated carbocycles. The lowest BCUT2D eigenvalue weighted by Crippen LogP contribution is -2.27. The zero-order valence-electron chi connectivity index (χ0n) is 9.50. The lowest BCUT2D eigenvalue weighted by Gasteiger charge is -2.11. The fourth-order valence-electron chi connectivity index (χ4n) is 1.56. The number of cyclic esters (lactones) is 1. The first-order chi connectivity index (χ1) is 8.22. The maximum Gasteiger partial charge on any atom is 0.410 e. The third kappa shape index (κ3) is 2.62. The van der Waals surface area contributed by atoms with Crippen molar-refractivity contribution in [2.75, 3.05) is 20.2 Å². The lowest BCUT2D eigenvalue weighted by atomic mass is 10.3. The minimum atomic E-state index is -0.363. The lowest BCUT2D eigenvalue weighted by molar-refractivity contribution is 0.134. The maximum atomic E-state index is 11.4.